The fraction of sp³-hybridized carbons (Fsp3) is 0.500. The molecule has 0 aliphatic carbocycles. The number of benzene rings is 1. The highest BCUT2D eigenvalue weighted by atomic mass is 16.6. The third kappa shape index (κ3) is 4.60. The average Bonchev–Trinajstić information content (AvgIpc) is 3.10. The van der Waals surface area contributed by atoms with Crippen molar-refractivity contribution in [2.45, 2.75) is 45.1 Å². The molecule has 1 fully saturated rings. The lowest BCUT2D eigenvalue weighted by Gasteiger charge is -2.32. The van der Waals surface area contributed by atoms with Gasteiger partial charge in [0.15, 0.2) is 0 Å². The largest absolute Gasteiger partial charge is 0.444 e. The number of nitro benzene ring substituents is 1. The molecule has 0 bridgehead atoms. The summed E-state index contributed by atoms with van der Waals surface area (Å²) in [6.07, 6.45) is 1.11. The number of nitrogens with zero attached hydrogens (tertiary/aromatic N) is 4. The average molecular weight is 374 g/mol. The fourth-order valence-electron chi connectivity index (χ4n) is 2.89. The summed E-state index contributed by atoms with van der Waals surface area (Å²) in [6.45, 7) is 6.66. The first-order valence-corrected chi connectivity index (χ1v) is 8.79. The van der Waals surface area contributed by atoms with Crippen LogP contribution < -0.4 is 0 Å². The summed E-state index contributed by atoms with van der Waals surface area (Å²) in [4.78, 5) is 28.5. The third-order valence-corrected chi connectivity index (χ3v) is 4.27. The predicted octanol–water partition coefficient (Wildman–Crippen LogP) is 3.76. The van der Waals surface area contributed by atoms with Crippen LogP contribution in [-0.2, 0) is 4.74 Å². The second-order valence-corrected chi connectivity index (χ2v) is 7.50. The molecule has 1 saturated heterocycles. The van der Waals surface area contributed by atoms with Crippen molar-refractivity contribution < 1.29 is 19.0 Å². The molecule has 1 amide bonds. The van der Waals surface area contributed by atoms with E-state index in [1.807, 2.05) is 20.8 Å². The zero-order valence-electron chi connectivity index (χ0n) is 15.5. The number of likely N-dealkylation sites (tertiary alicyclic amines) is 1. The van der Waals surface area contributed by atoms with E-state index in [0.29, 0.717) is 43.2 Å². The van der Waals surface area contributed by atoms with Gasteiger partial charge in [-0.25, -0.2) is 4.79 Å². The van der Waals surface area contributed by atoms with Gasteiger partial charge in [0, 0.05) is 36.7 Å². The molecule has 0 atom stereocenters. The molecule has 0 radical (unpaired) electrons. The van der Waals surface area contributed by atoms with E-state index in [1.165, 1.54) is 12.1 Å². The number of carbonyl (C=O) groups is 1. The van der Waals surface area contributed by atoms with Gasteiger partial charge < -0.3 is 14.2 Å². The van der Waals surface area contributed by atoms with Gasteiger partial charge in [0.05, 0.1) is 4.92 Å². The fourth-order valence-corrected chi connectivity index (χ4v) is 2.89. The molecule has 1 aliphatic rings. The molecule has 144 valence electrons. The lowest BCUT2D eigenvalue weighted by molar-refractivity contribution is -0.384. The molecule has 2 heterocycles. The number of aromatic nitrogens is 2. The van der Waals surface area contributed by atoms with Crippen LogP contribution in [0, 0.1) is 10.1 Å². The number of nitro groups is 1. The van der Waals surface area contributed by atoms with E-state index in [4.69, 9.17) is 9.26 Å². The first-order valence-electron chi connectivity index (χ1n) is 8.79. The van der Waals surface area contributed by atoms with Crippen molar-refractivity contribution in [1.29, 1.82) is 0 Å². The summed E-state index contributed by atoms with van der Waals surface area (Å²) in [7, 11) is 0. The molecular formula is C18H22N4O5. The molecule has 2 aromatic rings. The number of ether oxygens (including phenoxy) is 1. The van der Waals surface area contributed by atoms with Gasteiger partial charge in [-0.2, -0.15) is 4.98 Å². The number of carbonyl (C=O) groups excluding carboxylic acids is 1. The molecule has 3 rings (SSSR count). The van der Waals surface area contributed by atoms with Crippen LogP contribution in [0.1, 0.15) is 45.4 Å². The van der Waals surface area contributed by atoms with Crippen molar-refractivity contribution in [2.24, 2.45) is 0 Å². The van der Waals surface area contributed by atoms with Gasteiger partial charge in [0.2, 0.25) is 11.7 Å². The first kappa shape index (κ1) is 18.8. The summed E-state index contributed by atoms with van der Waals surface area (Å²) in [5, 5.41) is 14.7. The summed E-state index contributed by atoms with van der Waals surface area (Å²) in [6, 6.07) is 6.01. The summed E-state index contributed by atoms with van der Waals surface area (Å²) >= 11 is 0. The highest BCUT2D eigenvalue weighted by Crippen LogP contribution is 2.29. The Morgan fingerprint density at radius 1 is 1.26 bits per heavy atom. The standard InChI is InChI=1S/C18H22N4O5/c1-18(2,3)26-17(23)21-10-8-13(9-11-21)16-19-15(20-27-16)12-4-6-14(7-5-12)22(24)25/h4-7,13H,8-11H2,1-3H3. The van der Waals surface area contributed by atoms with Crippen molar-refractivity contribution in [3.63, 3.8) is 0 Å². The summed E-state index contributed by atoms with van der Waals surface area (Å²) < 4.78 is 10.8. The summed E-state index contributed by atoms with van der Waals surface area (Å²) in [5.74, 6) is 0.990. The Hall–Kier alpha value is -2.97. The van der Waals surface area contributed by atoms with Gasteiger partial charge in [-0.1, -0.05) is 5.16 Å². The maximum Gasteiger partial charge on any atom is 0.410 e. The van der Waals surface area contributed by atoms with Crippen LogP contribution in [0.4, 0.5) is 10.5 Å². The number of rotatable bonds is 3. The van der Waals surface area contributed by atoms with Gasteiger partial charge in [-0.3, -0.25) is 10.1 Å². The SMILES string of the molecule is CC(C)(C)OC(=O)N1CCC(c2nc(-c3ccc([N+](=O)[O-])cc3)no2)CC1. The first-order chi connectivity index (χ1) is 12.7. The zero-order chi connectivity index (χ0) is 19.6. The zero-order valence-corrected chi connectivity index (χ0v) is 15.5. The van der Waals surface area contributed by atoms with Gasteiger partial charge in [0.25, 0.3) is 5.69 Å². The van der Waals surface area contributed by atoms with Crippen molar-refractivity contribution >= 4 is 11.8 Å². The van der Waals surface area contributed by atoms with Crippen LogP contribution in [0.15, 0.2) is 28.8 Å². The Kier molecular flexibility index (Phi) is 5.11. The van der Waals surface area contributed by atoms with E-state index in [2.05, 4.69) is 10.1 Å². The van der Waals surface area contributed by atoms with Gasteiger partial charge in [0.1, 0.15) is 5.60 Å². The maximum absolute atomic E-state index is 12.1. The minimum Gasteiger partial charge on any atom is -0.444 e. The smallest absolute Gasteiger partial charge is 0.410 e. The Balaban J connectivity index is 1.61. The van der Waals surface area contributed by atoms with E-state index in [-0.39, 0.29) is 17.7 Å². The monoisotopic (exact) mass is 374 g/mol. The lowest BCUT2D eigenvalue weighted by atomic mass is 9.97. The predicted molar refractivity (Wildman–Crippen MR) is 96.2 cm³/mol. The van der Waals surface area contributed by atoms with Crippen LogP contribution in [0.3, 0.4) is 0 Å². The van der Waals surface area contributed by atoms with Crippen molar-refractivity contribution in [3.8, 4) is 11.4 Å². The lowest BCUT2D eigenvalue weighted by Crippen LogP contribution is -2.41. The van der Waals surface area contributed by atoms with Gasteiger partial charge in [-0.05, 0) is 45.7 Å². The Bertz CT molecular complexity index is 817. The third-order valence-electron chi connectivity index (χ3n) is 4.27. The second kappa shape index (κ2) is 7.34. The number of non-ortho nitro benzene ring substituents is 1. The maximum atomic E-state index is 12.1. The van der Waals surface area contributed by atoms with E-state index < -0.39 is 10.5 Å². The Morgan fingerprint density at radius 3 is 2.44 bits per heavy atom. The number of amides is 1. The molecule has 0 spiro atoms. The highest BCUT2D eigenvalue weighted by Gasteiger charge is 2.30. The van der Waals surface area contributed by atoms with Crippen LogP contribution in [0.2, 0.25) is 0 Å². The Labute approximate surface area is 156 Å². The number of piperidine rings is 1. The van der Waals surface area contributed by atoms with E-state index in [1.54, 1.807) is 17.0 Å². The minimum absolute atomic E-state index is 0.0111. The van der Waals surface area contributed by atoms with E-state index >= 15 is 0 Å². The van der Waals surface area contributed by atoms with Crippen LogP contribution in [0.5, 0.6) is 0 Å². The summed E-state index contributed by atoms with van der Waals surface area (Å²) in [5.41, 5.74) is 0.152. The van der Waals surface area contributed by atoms with Crippen LogP contribution >= 0.6 is 0 Å². The molecule has 9 heteroatoms. The second-order valence-electron chi connectivity index (χ2n) is 7.50. The van der Waals surface area contributed by atoms with Crippen molar-refractivity contribution in [2.75, 3.05) is 13.1 Å². The molecule has 9 nitrogen and oxygen atoms in total. The van der Waals surface area contributed by atoms with Crippen LogP contribution in [-0.4, -0.2) is 44.7 Å². The highest BCUT2D eigenvalue weighted by molar-refractivity contribution is 5.68. The molecule has 27 heavy (non-hydrogen) atoms. The van der Waals surface area contributed by atoms with Crippen molar-refractivity contribution in [3.05, 3.63) is 40.3 Å². The molecule has 0 saturated carbocycles. The normalized spacial score (nSPS) is 15.6. The molecule has 0 unspecified atom stereocenters. The number of hydrogen-bond donors (Lipinski definition) is 0. The minimum atomic E-state index is -0.514. The molecule has 0 N–H and O–H groups in total. The van der Waals surface area contributed by atoms with E-state index in [9.17, 15) is 14.9 Å². The van der Waals surface area contributed by atoms with Gasteiger partial charge in [-0.15, -0.1) is 0 Å². The molecule has 1 aromatic heterocycles. The van der Waals surface area contributed by atoms with Crippen LogP contribution in [0.25, 0.3) is 11.4 Å². The van der Waals surface area contributed by atoms with Crippen molar-refractivity contribution in [1.82, 2.24) is 15.0 Å². The van der Waals surface area contributed by atoms with E-state index in [0.717, 1.165) is 0 Å². The topological polar surface area (TPSA) is 112 Å². The molecular weight excluding hydrogens is 352 g/mol. The van der Waals surface area contributed by atoms with Gasteiger partial charge >= 0.3 is 6.09 Å². The quantitative estimate of drug-likeness (QED) is 0.594. The Morgan fingerprint density at radius 2 is 1.89 bits per heavy atom. The molecule has 1 aliphatic heterocycles. The molecule has 1 aromatic carbocycles. The number of hydrogen-bond acceptors (Lipinski definition) is 7.